The van der Waals surface area contributed by atoms with E-state index in [1.807, 2.05) is 18.2 Å². The van der Waals surface area contributed by atoms with E-state index in [4.69, 9.17) is 16.3 Å². The van der Waals surface area contributed by atoms with Crippen LogP contribution < -0.4 is 10.1 Å². The zero-order valence-electron chi connectivity index (χ0n) is 12.0. The Morgan fingerprint density at radius 3 is 2.62 bits per heavy atom. The molecule has 1 aromatic carbocycles. The number of hydrogen-bond acceptors (Lipinski definition) is 4. The summed E-state index contributed by atoms with van der Waals surface area (Å²) in [6.45, 7) is 8.65. The topological polar surface area (TPSA) is 27.7 Å². The van der Waals surface area contributed by atoms with Crippen LogP contribution in [0.25, 0.3) is 0 Å². The third-order valence-electron chi connectivity index (χ3n) is 4.24. The zero-order chi connectivity index (χ0) is 14.7. The molecule has 0 aromatic heterocycles. The number of nitrogens with one attached hydrogen (secondary N) is 1. The van der Waals surface area contributed by atoms with E-state index in [1.165, 1.54) is 13.1 Å². The molecule has 3 rings (SSSR count). The Balaban J connectivity index is 1.38. The summed E-state index contributed by atoms with van der Waals surface area (Å²) in [6, 6.07) is 6.40. The van der Waals surface area contributed by atoms with E-state index in [0.717, 1.165) is 54.0 Å². The molecule has 21 heavy (non-hydrogen) atoms. The number of hydrogen-bond donors (Lipinski definition) is 1. The zero-order valence-corrected chi connectivity index (χ0v) is 14.4. The molecule has 0 saturated carbocycles. The lowest BCUT2D eigenvalue weighted by Crippen LogP contribution is -2.61. The van der Waals surface area contributed by atoms with Gasteiger partial charge in [-0.15, -0.1) is 0 Å². The lowest BCUT2D eigenvalue weighted by Gasteiger charge is -2.43. The van der Waals surface area contributed by atoms with Crippen molar-refractivity contribution in [3.63, 3.8) is 0 Å². The first-order valence-corrected chi connectivity index (χ1v) is 8.64. The highest BCUT2D eigenvalue weighted by atomic mass is 79.9. The number of nitrogens with zero attached hydrogens (tertiary/aromatic N) is 2. The molecule has 0 aliphatic carbocycles. The van der Waals surface area contributed by atoms with Crippen LogP contribution in [-0.4, -0.2) is 68.3 Å². The van der Waals surface area contributed by atoms with Gasteiger partial charge in [-0.3, -0.25) is 9.80 Å². The molecule has 2 aliphatic heterocycles. The lowest BCUT2D eigenvalue weighted by molar-refractivity contribution is 0.0663. The molecule has 6 heteroatoms. The first kappa shape index (κ1) is 15.6. The van der Waals surface area contributed by atoms with Gasteiger partial charge in [0.1, 0.15) is 12.4 Å². The molecule has 2 fully saturated rings. The van der Waals surface area contributed by atoms with Gasteiger partial charge in [0.25, 0.3) is 0 Å². The third kappa shape index (κ3) is 4.11. The van der Waals surface area contributed by atoms with Crippen molar-refractivity contribution in [1.29, 1.82) is 0 Å². The molecule has 2 aliphatic rings. The number of benzene rings is 1. The predicted octanol–water partition coefficient (Wildman–Crippen LogP) is 2.07. The Hall–Kier alpha value is -0.330. The van der Waals surface area contributed by atoms with Crippen LogP contribution in [0.1, 0.15) is 0 Å². The van der Waals surface area contributed by atoms with Crippen LogP contribution in [0.5, 0.6) is 5.75 Å². The summed E-state index contributed by atoms with van der Waals surface area (Å²) in [4.78, 5) is 5.08. The maximum absolute atomic E-state index is 5.93. The first-order valence-electron chi connectivity index (χ1n) is 7.47. The summed E-state index contributed by atoms with van der Waals surface area (Å²) in [6.07, 6.45) is 0. The second-order valence-electron chi connectivity index (χ2n) is 5.61. The average molecular weight is 375 g/mol. The van der Waals surface area contributed by atoms with Crippen molar-refractivity contribution < 1.29 is 4.74 Å². The molecular formula is C15H21BrClN3O. The van der Waals surface area contributed by atoms with Crippen molar-refractivity contribution in [2.24, 2.45) is 0 Å². The van der Waals surface area contributed by atoms with Crippen molar-refractivity contribution in [3.8, 4) is 5.75 Å². The van der Waals surface area contributed by atoms with Gasteiger partial charge >= 0.3 is 0 Å². The van der Waals surface area contributed by atoms with Crippen LogP contribution in [0, 0.1) is 0 Å². The summed E-state index contributed by atoms with van der Waals surface area (Å²) in [7, 11) is 0. The minimum Gasteiger partial charge on any atom is -0.491 e. The highest BCUT2D eigenvalue weighted by Crippen LogP contribution is 2.27. The Morgan fingerprint density at radius 2 is 2.00 bits per heavy atom. The molecule has 1 aromatic rings. The van der Waals surface area contributed by atoms with Crippen LogP contribution in [-0.2, 0) is 0 Å². The second kappa shape index (κ2) is 7.29. The molecule has 0 atom stereocenters. The maximum atomic E-state index is 5.93. The van der Waals surface area contributed by atoms with Crippen molar-refractivity contribution in [2.45, 2.75) is 6.04 Å². The standard InChI is InChI=1S/C15H21BrClN3O/c16-14-9-12(17)1-2-15(14)21-8-7-19-3-5-20(6-4-19)13-10-18-11-13/h1-2,9,13,18H,3-8,10-11H2. The maximum Gasteiger partial charge on any atom is 0.133 e. The molecule has 2 saturated heterocycles. The van der Waals surface area contributed by atoms with E-state index in [-0.39, 0.29) is 0 Å². The summed E-state index contributed by atoms with van der Waals surface area (Å²) in [5.74, 6) is 0.860. The number of ether oxygens (including phenoxy) is 1. The van der Waals surface area contributed by atoms with E-state index in [1.54, 1.807) is 0 Å². The van der Waals surface area contributed by atoms with Crippen molar-refractivity contribution >= 4 is 27.5 Å². The highest BCUT2D eigenvalue weighted by Gasteiger charge is 2.27. The molecule has 0 unspecified atom stereocenters. The Labute approximate surface area is 139 Å². The van der Waals surface area contributed by atoms with E-state index in [9.17, 15) is 0 Å². The Morgan fingerprint density at radius 1 is 1.24 bits per heavy atom. The van der Waals surface area contributed by atoms with E-state index < -0.39 is 0 Å². The SMILES string of the molecule is Clc1ccc(OCCN2CCN(C3CNC3)CC2)c(Br)c1. The largest absolute Gasteiger partial charge is 0.491 e. The summed E-state index contributed by atoms with van der Waals surface area (Å²) in [5.41, 5.74) is 0. The quantitative estimate of drug-likeness (QED) is 0.854. The summed E-state index contributed by atoms with van der Waals surface area (Å²) >= 11 is 9.40. The smallest absolute Gasteiger partial charge is 0.133 e. The molecule has 0 bridgehead atoms. The molecule has 1 N–H and O–H groups in total. The van der Waals surface area contributed by atoms with Gasteiger partial charge in [-0.25, -0.2) is 0 Å². The van der Waals surface area contributed by atoms with Gasteiger partial charge in [0.15, 0.2) is 0 Å². The fraction of sp³-hybridized carbons (Fsp3) is 0.600. The van der Waals surface area contributed by atoms with Crippen molar-refractivity contribution in [1.82, 2.24) is 15.1 Å². The number of piperazine rings is 1. The predicted molar refractivity (Wildman–Crippen MR) is 89.3 cm³/mol. The molecule has 0 radical (unpaired) electrons. The summed E-state index contributed by atoms with van der Waals surface area (Å²) < 4.78 is 6.74. The fourth-order valence-corrected chi connectivity index (χ4v) is 3.56. The molecule has 116 valence electrons. The average Bonchev–Trinajstić information content (AvgIpc) is 2.41. The van der Waals surface area contributed by atoms with Gasteiger partial charge in [-0.05, 0) is 34.1 Å². The van der Waals surface area contributed by atoms with Crippen LogP contribution >= 0.6 is 27.5 Å². The molecule has 0 spiro atoms. The normalized spacial score (nSPS) is 21.2. The lowest BCUT2D eigenvalue weighted by atomic mass is 10.1. The van der Waals surface area contributed by atoms with Gasteiger partial charge in [0.2, 0.25) is 0 Å². The molecule has 0 amide bonds. The van der Waals surface area contributed by atoms with Gasteiger partial charge in [-0.2, -0.15) is 0 Å². The molecule has 4 nitrogen and oxygen atoms in total. The van der Waals surface area contributed by atoms with E-state index >= 15 is 0 Å². The first-order chi connectivity index (χ1) is 10.2. The fourth-order valence-electron chi connectivity index (χ4n) is 2.76. The monoisotopic (exact) mass is 373 g/mol. The summed E-state index contributed by atoms with van der Waals surface area (Å²) in [5, 5.41) is 4.06. The van der Waals surface area contributed by atoms with Crippen LogP contribution in [0.15, 0.2) is 22.7 Å². The van der Waals surface area contributed by atoms with Crippen molar-refractivity contribution in [2.75, 3.05) is 52.4 Å². The van der Waals surface area contributed by atoms with Crippen LogP contribution in [0.4, 0.5) is 0 Å². The van der Waals surface area contributed by atoms with E-state index in [2.05, 4.69) is 31.0 Å². The van der Waals surface area contributed by atoms with Gasteiger partial charge in [0.05, 0.1) is 4.47 Å². The van der Waals surface area contributed by atoms with Crippen molar-refractivity contribution in [3.05, 3.63) is 27.7 Å². The minimum atomic E-state index is 0.714. The van der Waals surface area contributed by atoms with E-state index in [0.29, 0.717) is 6.61 Å². The molecule has 2 heterocycles. The molecular weight excluding hydrogens is 354 g/mol. The second-order valence-corrected chi connectivity index (χ2v) is 6.90. The Bertz CT molecular complexity index is 476. The Kier molecular flexibility index (Phi) is 5.40. The number of halogens is 2. The van der Waals surface area contributed by atoms with Gasteiger partial charge < -0.3 is 10.1 Å². The highest BCUT2D eigenvalue weighted by molar-refractivity contribution is 9.10. The van der Waals surface area contributed by atoms with Crippen LogP contribution in [0.2, 0.25) is 5.02 Å². The minimum absolute atomic E-state index is 0.714. The third-order valence-corrected chi connectivity index (χ3v) is 5.10. The van der Waals surface area contributed by atoms with Gasteiger partial charge in [-0.1, -0.05) is 11.6 Å². The van der Waals surface area contributed by atoms with Crippen LogP contribution in [0.3, 0.4) is 0 Å². The van der Waals surface area contributed by atoms with Gasteiger partial charge in [0, 0.05) is 56.9 Å². The number of rotatable bonds is 5.